The molecule has 5 nitrogen and oxygen atoms in total. The van der Waals surface area contributed by atoms with Crippen LogP contribution in [0.25, 0.3) is 0 Å². The molecule has 1 heterocycles. The predicted molar refractivity (Wildman–Crippen MR) is 88.4 cm³/mol. The van der Waals surface area contributed by atoms with Crippen molar-refractivity contribution in [2.24, 2.45) is 0 Å². The van der Waals surface area contributed by atoms with Gasteiger partial charge in [-0.05, 0) is 37.6 Å². The Hall–Kier alpha value is -2.66. The quantitative estimate of drug-likeness (QED) is 0.815. The summed E-state index contributed by atoms with van der Waals surface area (Å²) >= 11 is 0. The topological polar surface area (TPSA) is 78.4 Å². The van der Waals surface area contributed by atoms with Gasteiger partial charge >= 0.3 is 0 Å². The summed E-state index contributed by atoms with van der Waals surface area (Å²) in [6.45, 7) is 3.56. The number of nitrogens with one attached hydrogen (secondary N) is 2. The summed E-state index contributed by atoms with van der Waals surface area (Å²) in [5, 5.41) is 14.9. The number of carbonyl (C=O) groups is 2. The van der Waals surface area contributed by atoms with Crippen molar-refractivity contribution < 1.29 is 14.7 Å². The summed E-state index contributed by atoms with van der Waals surface area (Å²) in [6, 6.07) is 12.3. The van der Waals surface area contributed by atoms with E-state index >= 15 is 0 Å². The molecule has 3 N–H and O–H groups in total. The van der Waals surface area contributed by atoms with Gasteiger partial charge in [0.15, 0.2) is 0 Å². The zero-order chi connectivity index (χ0) is 16.6. The highest BCUT2D eigenvalue weighted by Gasteiger charge is 2.38. The first-order valence-electron chi connectivity index (χ1n) is 7.39. The number of hydrogen-bond acceptors (Lipinski definition) is 3. The molecule has 23 heavy (non-hydrogen) atoms. The molecule has 2 aromatic carbocycles. The molecular weight excluding hydrogens is 292 g/mol. The second kappa shape index (κ2) is 5.52. The minimum atomic E-state index is -0.589. The van der Waals surface area contributed by atoms with E-state index in [1.165, 1.54) is 0 Å². The van der Waals surface area contributed by atoms with Crippen molar-refractivity contribution in [3.63, 3.8) is 0 Å². The maximum Gasteiger partial charge on any atom is 0.255 e. The number of aliphatic hydroxyl groups is 1. The minimum Gasteiger partial charge on any atom is -0.392 e. The molecule has 0 saturated heterocycles. The number of carbonyl (C=O) groups excluding carboxylic acids is 2. The van der Waals surface area contributed by atoms with Gasteiger partial charge in [0.05, 0.1) is 12.0 Å². The standard InChI is InChI=1S/C18H18N2O3/c1-18(2)13-8-7-11(9-15(13)20-17(18)23)16(22)19-14-6-4-3-5-12(14)10-21/h3-9,21H,10H2,1-2H3,(H,19,22)(H,20,23). The first-order chi connectivity index (χ1) is 10.9. The van der Waals surface area contributed by atoms with Crippen LogP contribution in [0.1, 0.15) is 35.3 Å². The molecule has 0 aliphatic carbocycles. The zero-order valence-electron chi connectivity index (χ0n) is 13.0. The van der Waals surface area contributed by atoms with Gasteiger partial charge in [0.2, 0.25) is 5.91 Å². The van der Waals surface area contributed by atoms with E-state index in [0.717, 1.165) is 5.56 Å². The fraction of sp³-hybridized carbons (Fsp3) is 0.222. The molecule has 118 valence electrons. The van der Waals surface area contributed by atoms with Gasteiger partial charge in [0.1, 0.15) is 0 Å². The fourth-order valence-electron chi connectivity index (χ4n) is 2.71. The van der Waals surface area contributed by atoms with E-state index in [0.29, 0.717) is 22.5 Å². The SMILES string of the molecule is CC1(C)C(=O)Nc2cc(C(=O)Nc3ccccc3CO)ccc21. The van der Waals surface area contributed by atoms with Gasteiger partial charge in [0, 0.05) is 22.5 Å². The van der Waals surface area contributed by atoms with Crippen LogP contribution in [0.2, 0.25) is 0 Å². The molecule has 2 amide bonds. The van der Waals surface area contributed by atoms with E-state index in [9.17, 15) is 14.7 Å². The maximum absolute atomic E-state index is 12.4. The first-order valence-corrected chi connectivity index (χ1v) is 7.39. The smallest absolute Gasteiger partial charge is 0.255 e. The predicted octanol–water partition coefficient (Wildman–Crippen LogP) is 2.66. The Morgan fingerprint density at radius 1 is 1.22 bits per heavy atom. The van der Waals surface area contributed by atoms with E-state index in [4.69, 9.17) is 0 Å². The molecule has 0 atom stereocenters. The molecular formula is C18H18N2O3. The molecule has 1 aliphatic heterocycles. The van der Waals surface area contributed by atoms with E-state index in [-0.39, 0.29) is 18.4 Å². The third kappa shape index (κ3) is 2.59. The van der Waals surface area contributed by atoms with Gasteiger partial charge < -0.3 is 15.7 Å². The monoisotopic (exact) mass is 310 g/mol. The van der Waals surface area contributed by atoms with E-state index < -0.39 is 5.41 Å². The highest BCUT2D eigenvalue weighted by atomic mass is 16.3. The number of hydrogen-bond donors (Lipinski definition) is 3. The summed E-state index contributed by atoms with van der Waals surface area (Å²) in [5.74, 6) is -0.358. The van der Waals surface area contributed by atoms with Crippen molar-refractivity contribution in [2.75, 3.05) is 10.6 Å². The number of aliphatic hydroxyl groups excluding tert-OH is 1. The van der Waals surface area contributed by atoms with Gasteiger partial charge in [-0.25, -0.2) is 0 Å². The summed E-state index contributed by atoms with van der Waals surface area (Å²) in [4.78, 5) is 24.4. The Bertz CT molecular complexity index is 797. The molecule has 0 fully saturated rings. The molecule has 5 heteroatoms. The second-order valence-electron chi connectivity index (χ2n) is 6.11. The Balaban J connectivity index is 1.88. The van der Waals surface area contributed by atoms with Crippen molar-refractivity contribution in [1.29, 1.82) is 0 Å². The van der Waals surface area contributed by atoms with Gasteiger partial charge in [0.25, 0.3) is 5.91 Å². The van der Waals surface area contributed by atoms with Crippen molar-refractivity contribution in [1.82, 2.24) is 0 Å². The Morgan fingerprint density at radius 2 is 1.96 bits per heavy atom. The number of fused-ring (bicyclic) bond motifs is 1. The molecule has 0 spiro atoms. The Morgan fingerprint density at radius 3 is 2.70 bits per heavy atom. The molecule has 0 bridgehead atoms. The summed E-state index contributed by atoms with van der Waals surface area (Å²) in [7, 11) is 0. The Labute approximate surface area is 134 Å². The summed E-state index contributed by atoms with van der Waals surface area (Å²) < 4.78 is 0. The number of benzene rings is 2. The lowest BCUT2D eigenvalue weighted by molar-refractivity contribution is -0.119. The zero-order valence-corrected chi connectivity index (χ0v) is 13.0. The van der Waals surface area contributed by atoms with E-state index in [2.05, 4.69) is 10.6 Å². The van der Waals surface area contributed by atoms with Gasteiger partial charge in [-0.15, -0.1) is 0 Å². The molecule has 1 aliphatic rings. The lowest BCUT2D eigenvalue weighted by Crippen LogP contribution is -2.26. The van der Waals surface area contributed by atoms with Gasteiger partial charge in [-0.3, -0.25) is 9.59 Å². The van der Waals surface area contributed by atoms with Crippen LogP contribution in [-0.2, 0) is 16.8 Å². The molecule has 2 aromatic rings. The first kappa shape index (κ1) is 15.2. The molecule has 0 radical (unpaired) electrons. The highest BCUT2D eigenvalue weighted by molar-refractivity contribution is 6.09. The van der Waals surface area contributed by atoms with Crippen molar-refractivity contribution >= 4 is 23.2 Å². The van der Waals surface area contributed by atoms with Crippen LogP contribution >= 0.6 is 0 Å². The second-order valence-corrected chi connectivity index (χ2v) is 6.11. The van der Waals surface area contributed by atoms with Gasteiger partial charge in [-0.2, -0.15) is 0 Å². The van der Waals surface area contributed by atoms with Crippen molar-refractivity contribution in [3.05, 3.63) is 59.2 Å². The summed E-state index contributed by atoms with van der Waals surface area (Å²) in [5.41, 5.74) is 2.64. The van der Waals surface area contributed by atoms with Crippen LogP contribution in [0, 0.1) is 0 Å². The number of amides is 2. The third-order valence-electron chi connectivity index (χ3n) is 4.21. The van der Waals surface area contributed by atoms with Crippen LogP contribution in [0.5, 0.6) is 0 Å². The summed E-state index contributed by atoms with van der Waals surface area (Å²) in [6.07, 6.45) is 0. The van der Waals surface area contributed by atoms with Gasteiger partial charge in [-0.1, -0.05) is 24.3 Å². The number of anilines is 2. The van der Waals surface area contributed by atoms with Crippen LogP contribution < -0.4 is 10.6 Å². The number of rotatable bonds is 3. The molecule has 0 aromatic heterocycles. The van der Waals surface area contributed by atoms with Crippen LogP contribution in [-0.4, -0.2) is 16.9 Å². The van der Waals surface area contributed by atoms with Crippen molar-refractivity contribution in [3.8, 4) is 0 Å². The number of para-hydroxylation sites is 1. The largest absolute Gasteiger partial charge is 0.392 e. The minimum absolute atomic E-state index is 0.0734. The molecule has 3 rings (SSSR count). The van der Waals surface area contributed by atoms with Crippen molar-refractivity contribution in [2.45, 2.75) is 25.9 Å². The lowest BCUT2D eigenvalue weighted by Gasteiger charge is -2.15. The average molecular weight is 310 g/mol. The molecule has 0 saturated carbocycles. The van der Waals surface area contributed by atoms with E-state index in [1.54, 1.807) is 42.5 Å². The van der Waals surface area contributed by atoms with E-state index in [1.807, 2.05) is 13.8 Å². The Kier molecular flexibility index (Phi) is 3.66. The highest BCUT2D eigenvalue weighted by Crippen LogP contribution is 2.37. The molecule has 0 unspecified atom stereocenters. The average Bonchev–Trinajstić information content (AvgIpc) is 2.77. The normalized spacial score (nSPS) is 15.0. The van der Waals surface area contributed by atoms with Crippen LogP contribution in [0.15, 0.2) is 42.5 Å². The lowest BCUT2D eigenvalue weighted by atomic mass is 9.86. The van der Waals surface area contributed by atoms with Crippen LogP contribution in [0.3, 0.4) is 0 Å². The fourth-order valence-corrected chi connectivity index (χ4v) is 2.71. The van der Waals surface area contributed by atoms with Crippen LogP contribution in [0.4, 0.5) is 11.4 Å². The maximum atomic E-state index is 12.4. The third-order valence-corrected chi connectivity index (χ3v) is 4.21.